The van der Waals surface area contributed by atoms with Crippen LogP contribution in [0.15, 0.2) is 29.1 Å². The molecular weight excluding hydrogens is 272 g/mol. The number of aromatic carboxylic acids is 1. The maximum Gasteiger partial charge on any atom is 0.335 e. The molecule has 19 heavy (non-hydrogen) atoms. The zero-order chi connectivity index (χ0) is 13.8. The van der Waals surface area contributed by atoms with E-state index in [1.807, 2.05) is 0 Å². The number of aromatic nitrogens is 1. The molecule has 0 saturated heterocycles. The second-order valence-electron chi connectivity index (χ2n) is 3.51. The Morgan fingerprint density at radius 3 is 2.89 bits per heavy atom. The van der Waals surface area contributed by atoms with Gasteiger partial charge in [-0.1, -0.05) is 0 Å². The molecule has 1 aromatic heterocycles. The lowest BCUT2D eigenvalue weighted by Gasteiger charge is -2.05. The Hall–Kier alpha value is -2.48. The highest BCUT2D eigenvalue weighted by Gasteiger charge is 2.18. The SMILES string of the molecule is O=C(O)c1ccc(OCc2cscn2)c([N+](=O)[O-])c1. The molecule has 0 unspecified atom stereocenters. The van der Waals surface area contributed by atoms with Gasteiger partial charge in [0.15, 0.2) is 5.75 Å². The molecule has 0 radical (unpaired) electrons. The average Bonchev–Trinajstić information content (AvgIpc) is 2.89. The van der Waals surface area contributed by atoms with Crippen molar-refractivity contribution in [1.29, 1.82) is 0 Å². The van der Waals surface area contributed by atoms with E-state index in [4.69, 9.17) is 9.84 Å². The van der Waals surface area contributed by atoms with Crippen LogP contribution in [0.1, 0.15) is 16.1 Å². The van der Waals surface area contributed by atoms with Gasteiger partial charge in [0, 0.05) is 11.4 Å². The van der Waals surface area contributed by atoms with Crippen LogP contribution in [0.2, 0.25) is 0 Å². The number of nitrogens with zero attached hydrogens (tertiary/aromatic N) is 2. The van der Waals surface area contributed by atoms with E-state index < -0.39 is 10.9 Å². The first-order chi connectivity index (χ1) is 9.08. The normalized spacial score (nSPS) is 10.1. The van der Waals surface area contributed by atoms with Gasteiger partial charge < -0.3 is 9.84 Å². The molecule has 8 heteroatoms. The molecule has 1 N–H and O–H groups in total. The minimum Gasteiger partial charge on any atom is -0.480 e. The Bertz CT molecular complexity index is 612. The fourth-order valence-corrected chi connectivity index (χ4v) is 1.92. The predicted molar refractivity (Wildman–Crippen MR) is 66.5 cm³/mol. The van der Waals surface area contributed by atoms with Crippen molar-refractivity contribution in [3.8, 4) is 5.75 Å². The smallest absolute Gasteiger partial charge is 0.335 e. The number of rotatable bonds is 5. The van der Waals surface area contributed by atoms with Gasteiger partial charge in [-0.05, 0) is 12.1 Å². The molecule has 1 heterocycles. The lowest BCUT2D eigenvalue weighted by atomic mass is 10.2. The van der Waals surface area contributed by atoms with E-state index in [2.05, 4.69) is 4.98 Å². The van der Waals surface area contributed by atoms with Crippen LogP contribution in [-0.4, -0.2) is 21.0 Å². The lowest BCUT2D eigenvalue weighted by Crippen LogP contribution is -2.02. The number of thiazole rings is 1. The van der Waals surface area contributed by atoms with Gasteiger partial charge in [0.05, 0.1) is 21.7 Å². The Balaban J connectivity index is 2.24. The molecule has 0 aliphatic rings. The molecule has 0 atom stereocenters. The van der Waals surface area contributed by atoms with Gasteiger partial charge in [-0.25, -0.2) is 9.78 Å². The van der Waals surface area contributed by atoms with E-state index in [0.29, 0.717) is 5.69 Å². The molecule has 0 saturated carbocycles. The molecule has 7 nitrogen and oxygen atoms in total. The van der Waals surface area contributed by atoms with Gasteiger partial charge in [0.1, 0.15) is 6.61 Å². The lowest BCUT2D eigenvalue weighted by molar-refractivity contribution is -0.386. The van der Waals surface area contributed by atoms with Crippen LogP contribution in [0.5, 0.6) is 5.75 Å². The van der Waals surface area contributed by atoms with Crippen LogP contribution >= 0.6 is 11.3 Å². The number of benzene rings is 1. The fourth-order valence-electron chi connectivity index (χ4n) is 1.38. The van der Waals surface area contributed by atoms with Crippen LogP contribution in [0.25, 0.3) is 0 Å². The molecular formula is C11H8N2O5S. The van der Waals surface area contributed by atoms with Crippen molar-refractivity contribution in [2.24, 2.45) is 0 Å². The number of carbonyl (C=O) groups is 1. The Labute approximate surface area is 111 Å². The van der Waals surface area contributed by atoms with Crippen molar-refractivity contribution in [2.45, 2.75) is 6.61 Å². The van der Waals surface area contributed by atoms with Crippen LogP contribution in [0, 0.1) is 10.1 Å². The summed E-state index contributed by atoms with van der Waals surface area (Å²) in [5.74, 6) is -1.21. The number of ether oxygens (including phenoxy) is 1. The fraction of sp³-hybridized carbons (Fsp3) is 0.0909. The van der Waals surface area contributed by atoms with E-state index in [1.165, 1.54) is 23.5 Å². The summed E-state index contributed by atoms with van der Waals surface area (Å²) in [6, 6.07) is 3.50. The molecule has 2 rings (SSSR count). The summed E-state index contributed by atoms with van der Waals surface area (Å²) >= 11 is 1.39. The first-order valence-corrected chi connectivity index (χ1v) is 6.04. The summed E-state index contributed by atoms with van der Waals surface area (Å²) in [4.78, 5) is 24.9. The number of carboxylic acids is 1. The number of hydrogen-bond donors (Lipinski definition) is 1. The van der Waals surface area contributed by atoms with Gasteiger partial charge in [-0.15, -0.1) is 11.3 Å². The first kappa shape index (κ1) is 13.0. The summed E-state index contributed by atoms with van der Waals surface area (Å²) in [6.07, 6.45) is 0. The summed E-state index contributed by atoms with van der Waals surface area (Å²) < 4.78 is 5.29. The molecule has 0 aliphatic heterocycles. The molecule has 0 aliphatic carbocycles. The quantitative estimate of drug-likeness (QED) is 0.666. The molecule has 98 valence electrons. The number of hydrogen-bond acceptors (Lipinski definition) is 6. The third-order valence-electron chi connectivity index (χ3n) is 2.26. The van der Waals surface area contributed by atoms with Gasteiger partial charge in [0.2, 0.25) is 0 Å². The van der Waals surface area contributed by atoms with Gasteiger partial charge in [0.25, 0.3) is 0 Å². The van der Waals surface area contributed by atoms with Gasteiger partial charge in [-0.2, -0.15) is 0 Å². The van der Waals surface area contributed by atoms with E-state index in [1.54, 1.807) is 10.9 Å². The molecule has 0 bridgehead atoms. The molecule has 1 aromatic carbocycles. The minimum absolute atomic E-state index is 0.0167. The van der Waals surface area contributed by atoms with E-state index >= 15 is 0 Å². The van der Waals surface area contributed by atoms with Crippen molar-refractivity contribution in [3.63, 3.8) is 0 Å². The summed E-state index contributed by atoms with van der Waals surface area (Å²) in [6.45, 7) is 0.0940. The molecule has 0 spiro atoms. The van der Waals surface area contributed by atoms with Crippen molar-refractivity contribution in [3.05, 3.63) is 50.5 Å². The van der Waals surface area contributed by atoms with Gasteiger partial charge in [-0.3, -0.25) is 10.1 Å². The third kappa shape index (κ3) is 3.05. The topological polar surface area (TPSA) is 103 Å². The number of nitro groups is 1. The van der Waals surface area contributed by atoms with Crippen molar-refractivity contribution in [1.82, 2.24) is 4.98 Å². The Morgan fingerprint density at radius 2 is 2.32 bits per heavy atom. The van der Waals surface area contributed by atoms with Crippen molar-refractivity contribution < 1.29 is 19.6 Å². The van der Waals surface area contributed by atoms with Crippen molar-refractivity contribution in [2.75, 3.05) is 0 Å². The maximum absolute atomic E-state index is 10.9. The van der Waals surface area contributed by atoms with E-state index in [0.717, 1.165) is 6.07 Å². The molecule has 2 aromatic rings. The predicted octanol–water partition coefficient (Wildman–Crippen LogP) is 2.33. The Kier molecular flexibility index (Phi) is 3.71. The summed E-state index contributed by atoms with van der Waals surface area (Å²) in [5, 5.41) is 21.4. The zero-order valence-electron chi connectivity index (χ0n) is 9.48. The van der Waals surface area contributed by atoms with E-state index in [9.17, 15) is 14.9 Å². The van der Waals surface area contributed by atoms with Crippen LogP contribution in [-0.2, 0) is 6.61 Å². The highest BCUT2D eigenvalue weighted by molar-refractivity contribution is 7.07. The summed E-state index contributed by atoms with van der Waals surface area (Å²) in [7, 11) is 0. The largest absolute Gasteiger partial charge is 0.480 e. The Morgan fingerprint density at radius 1 is 1.53 bits per heavy atom. The van der Waals surface area contributed by atoms with E-state index in [-0.39, 0.29) is 23.6 Å². The van der Waals surface area contributed by atoms with Gasteiger partial charge >= 0.3 is 11.7 Å². The van der Waals surface area contributed by atoms with Crippen LogP contribution in [0.3, 0.4) is 0 Å². The standard InChI is InChI=1S/C11H8N2O5S/c14-11(15)7-1-2-10(9(3-7)13(16)17)18-4-8-5-19-6-12-8/h1-3,5-6H,4H2,(H,14,15). The first-order valence-electron chi connectivity index (χ1n) is 5.09. The third-order valence-corrected chi connectivity index (χ3v) is 2.90. The van der Waals surface area contributed by atoms with Crippen LogP contribution in [0.4, 0.5) is 5.69 Å². The monoisotopic (exact) mass is 280 g/mol. The molecule has 0 fully saturated rings. The highest BCUT2D eigenvalue weighted by atomic mass is 32.1. The zero-order valence-corrected chi connectivity index (χ0v) is 10.3. The second-order valence-corrected chi connectivity index (χ2v) is 4.23. The van der Waals surface area contributed by atoms with Crippen LogP contribution < -0.4 is 4.74 Å². The number of carboxylic acid groups (broad SMARTS) is 1. The second kappa shape index (κ2) is 5.44. The highest BCUT2D eigenvalue weighted by Crippen LogP contribution is 2.28. The minimum atomic E-state index is -1.23. The number of nitro benzene ring substituents is 1. The summed E-state index contributed by atoms with van der Waals surface area (Å²) in [5.41, 5.74) is 1.74. The maximum atomic E-state index is 10.9. The molecule has 0 amide bonds. The average molecular weight is 280 g/mol. The van der Waals surface area contributed by atoms with Crippen molar-refractivity contribution >= 4 is 23.0 Å².